The summed E-state index contributed by atoms with van der Waals surface area (Å²) < 4.78 is 40.4. The number of hydrogen-bond acceptors (Lipinski definition) is 6. The third-order valence-corrected chi connectivity index (χ3v) is 9.57. The van der Waals surface area contributed by atoms with E-state index in [1.807, 2.05) is 0 Å². The first-order chi connectivity index (χ1) is 14.4. The van der Waals surface area contributed by atoms with Crippen molar-refractivity contribution in [2.45, 2.75) is 25.3 Å². The maximum absolute atomic E-state index is 13.1. The Morgan fingerprint density at radius 3 is 1.37 bits per heavy atom. The van der Waals surface area contributed by atoms with Gasteiger partial charge in [0.25, 0.3) is 0 Å². The molecule has 2 aliphatic heterocycles. The van der Waals surface area contributed by atoms with E-state index in [9.17, 15) is 9.13 Å². The minimum absolute atomic E-state index is 0.207. The van der Waals surface area contributed by atoms with Crippen LogP contribution in [0.5, 0.6) is 0 Å². The third-order valence-electron chi connectivity index (χ3n) is 4.31. The van der Waals surface area contributed by atoms with E-state index in [1.54, 1.807) is 9.34 Å². The van der Waals surface area contributed by atoms with E-state index in [0.717, 1.165) is 0 Å². The van der Waals surface area contributed by atoms with Gasteiger partial charge in [0.1, 0.15) is 0 Å². The Labute approximate surface area is 197 Å². The van der Waals surface area contributed by atoms with Crippen molar-refractivity contribution in [2.75, 3.05) is 62.9 Å². The van der Waals surface area contributed by atoms with Gasteiger partial charge in [0.05, 0.1) is 13.2 Å². The molecule has 0 aliphatic carbocycles. The van der Waals surface area contributed by atoms with Crippen molar-refractivity contribution >= 4 is 61.7 Å². The van der Waals surface area contributed by atoms with Gasteiger partial charge in [-0.3, -0.25) is 9.13 Å². The van der Waals surface area contributed by atoms with Crippen molar-refractivity contribution in [1.29, 1.82) is 0 Å². The van der Waals surface area contributed by atoms with Crippen LogP contribution >= 0.6 is 61.7 Å². The second kappa shape index (κ2) is 13.9. The van der Waals surface area contributed by atoms with Crippen molar-refractivity contribution in [3.8, 4) is 0 Å². The summed E-state index contributed by atoms with van der Waals surface area (Å²) in [7, 11) is -6.74. The average molecular weight is 552 g/mol. The Bertz CT molecular complexity index is 551. The second-order valence-corrected chi connectivity index (χ2v) is 12.1. The molecule has 2 fully saturated rings. The first-order valence-corrected chi connectivity index (χ1v) is 14.8. The van der Waals surface area contributed by atoms with E-state index in [-0.39, 0.29) is 36.7 Å². The molecular formula is C14H28Cl4N4O6P2. The van der Waals surface area contributed by atoms with Crippen molar-refractivity contribution in [3.05, 3.63) is 0 Å². The number of nitrogens with one attached hydrogen (secondary N) is 2. The summed E-state index contributed by atoms with van der Waals surface area (Å²) in [4.78, 5) is 10.9. The minimum Gasteiger partial charge on any atom is -0.306 e. The molecule has 16 heteroatoms. The number of alkyl halides is 4. The smallest absolute Gasteiger partial charge is 0.306 e. The standard InChI is InChI=1S/C14H28Cl4N4O6P2/c15-3-7-21(8-4-16)29(23)19-13(1-11-25-29)27-28-14-2-12-26-30(24,20-14)22(9-5-17)10-6-18/h13-14H,1-12H2,(H,19,23)(H,20,24)/t13-,14-,29+,30+/m1/s1. The van der Waals surface area contributed by atoms with E-state index in [4.69, 9.17) is 65.2 Å². The van der Waals surface area contributed by atoms with Crippen LogP contribution in [0, 0.1) is 0 Å². The highest BCUT2D eigenvalue weighted by Crippen LogP contribution is 2.51. The van der Waals surface area contributed by atoms with Crippen molar-refractivity contribution in [3.63, 3.8) is 0 Å². The van der Waals surface area contributed by atoms with E-state index >= 15 is 0 Å². The topological polar surface area (TPSA) is 102 Å². The molecule has 0 aromatic rings. The lowest BCUT2D eigenvalue weighted by Crippen LogP contribution is -2.46. The molecule has 4 atom stereocenters. The zero-order valence-electron chi connectivity index (χ0n) is 16.4. The van der Waals surface area contributed by atoms with Crippen LogP contribution in [0.15, 0.2) is 0 Å². The van der Waals surface area contributed by atoms with Gasteiger partial charge in [-0.15, -0.1) is 46.4 Å². The highest BCUT2D eigenvalue weighted by Gasteiger charge is 2.41. The monoisotopic (exact) mass is 550 g/mol. The van der Waals surface area contributed by atoms with Gasteiger partial charge in [-0.2, -0.15) is 0 Å². The predicted octanol–water partition coefficient (Wildman–Crippen LogP) is 3.38. The first kappa shape index (κ1) is 27.5. The Kier molecular flexibility index (Phi) is 12.7. The molecule has 2 heterocycles. The Morgan fingerprint density at radius 2 is 1.07 bits per heavy atom. The summed E-state index contributed by atoms with van der Waals surface area (Å²) in [6.07, 6.45) is -0.567. The van der Waals surface area contributed by atoms with E-state index in [0.29, 0.717) is 39.0 Å². The number of nitrogens with zero attached hydrogens (tertiary/aromatic N) is 2. The van der Waals surface area contributed by atoms with Gasteiger partial charge in [-0.1, -0.05) is 0 Å². The summed E-state index contributed by atoms with van der Waals surface area (Å²) in [5.74, 6) is 1.10. The minimum atomic E-state index is -3.37. The van der Waals surface area contributed by atoms with Crippen LogP contribution in [0.1, 0.15) is 12.8 Å². The molecule has 0 spiro atoms. The third kappa shape index (κ3) is 7.96. The Balaban J connectivity index is 1.92. The summed E-state index contributed by atoms with van der Waals surface area (Å²) in [6.45, 7) is 1.78. The molecule has 178 valence electrons. The highest BCUT2D eigenvalue weighted by atomic mass is 35.5. The molecule has 0 aromatic carbocycles. The van der Waals surface area contributed by atoms with Gasteiger partial charge in [-0.05, 0) is 0 Å². The fraction of sp³-hybridized carbons (Fsp3) is 1.00. The van der Waals surface area contributed by atoms with Crippen LogP contribution in [0.4, 0.5) is 0 Å². The number of hydrogen-bond donors (Lipinski definition) is 2. The average Bonchev–Trinajstić information content (AvgIpc) is 2.72. The van der Waals surface area contributed by atoms with E-state index in [1.165, 1.54) is 0 Å². The Morgan fingerprint density at radius 1 is 0.733 bits per heavy atom. The van der Waals surface area contributed by atoms with Gasteiger partial charge in [-0.25, -0.2) is 29.3 Å². The molecule has 2 N–H and O–H groups in total. The van der Waals surface area contributed by atoms with Gasteiger partial charge >= 0.3 is 15.3 Å². The van der Waals surface area contributed by atoms with Gasteiger partial charge in [0.15, 0.2) is 12.5 Å². The van der Waals surface area contributed by atoms with Crippen LogP contribution < -0.4 is 10.2 Å². The number of rotatable bonds is 13. The zero-order valence-corrected chi connectivity index (χ0v) is 21.2. The molecule has 30 heavy (non-hydrogen) atoms. The lowest BCUT2D eigenvalue weighted by atomic mass is 10.4. The summed E-state index contributed by atoms with van der Waals surface area (Å²) in [5, 5.41) is 5.69. The molecule has 0 bridgehead atoms. The van der Waals surface area contributed by atoms with Crippen LogP contribution in [0.2, 0.25) is 0 Å². The van der Waals surface area contributed by atoms with Gasteiger partial charge in [0, 0.05) is 62.5 Å². The fourth-order valence-electron chi connectivity index (χ4n) is 2.87. The number of halogens is 4. The molecular weight excluding hydrogens is 524 g/mol. The summed E-state index contributed by atoms with van der Waals surface area (Å²) in [5.41, 5.74) is 0. The molecule has 0 saturated carbocycles. The van der Waals surface area contributed by atoms with Gasteiger partial charge in [0.2, 0.25) is 0 Å². The van der Waals surface area contributed by atoms with Crippen LogP contribution in [0.3, 0.4) is 0 Å². The van der Waals surface area contributed by atoms with Crippen LogP contribution in [0.25, 0.3) is 0 Å². The largest absolute Gasteiger partial charge is 0.345 e. The zero-order chi connectivity index (χ0) is 22.0. The summed E-state index contributed by atoms with van der Waals surface area (Å²) >= 11 is 23.2. The lowest BCUT2D eigenvalue weighted by Gasteiger charge is -2.38. The van der Waals surface area contributed by atoms with E-state index < -0.39 is 27.8 Å². The fourth-order valence-corrected chi connectivity index (χ4v) is 8.20. The first-order valence-electron chi connectivity index (χ1n) is 9.52. The maximum atomic E-state index is 13.1. The van der Waals surface area contributed by atoms with Crippen molar-refractivity contribution in [1.82, 2.24) is 19.5 Å². The quantitative estimate of drug-likeness (QED) is 0.153. The second-order valence-electron chi connectivity index (χ2n) is 6.38. The molecule has 0 radical (unpaired) electrons. The molecule has 0 amide bonds. The lowest BCUT2D eigenvalue weighted by molar-refractivity contribution is -0.361. The van der Waals surface area contributed by atoms with Crippen molar-refractivity contribution in [2.24, 2.45) is 0 Å². The Hall–Kier alpha value is 1.30. The molecule has 2 aliphatic rings. The predicted molar refractivity (Wildman–Crippen MR) is 118 cm³/mol. The highest BCUT2D eigenvalue weighted by molar-refractivity contribution is 7.54. The van der Waals surface area contributed by atoms with Crippen molar-refractivity contribution < 1.29 is 28.0 Å². The molecule has 2 saturated heterocycles. The normalized spacial score (nSPS) is 32.7. The maximum Gasteiger partial charge on any atom is 0.345 e. The SMILES string of the molecule is O=[P@@]1(N(CCCl)CCCl)N[C@H](OO[C@@H]2CCO[P@](=O)(N(CCCl)CCCl)N2)CCO1. The van der Waals surface area contributed by atoms with Gasteiger partial charge < -0.3 is 9.05 Å². The summed E-state index contributed by atoms with van der Waals surface area (Å²) in [6, 6.07) is 0. The molecule has 2 rings (SSSR count). The molecule has 0 aromatic heterocycles. The van der Waals surface area contributed by atoms with Crippen LogP contribution in [-0.4, -0.2) is 84.7 Å². The van der Waals surface area contributed by atoms with Crippen LogP contribution in [-0.2, 0) is 28.0 Å². The molecule has 10 nitrogen and oxygen atoms in total. The molecule has 0 unspecified atom stereocenters. The van der Waals surface area contributed by atoms with E-state index in [2.05, 4.69) is 10.2 Å².